The van der Waals surface area contributed by atoms with Crippen LogP contribution in [0.5, 0.6) is 11.5 Å². The molecule has 1 aliphatic heterocycles. The van der Waals surface area contributed by atoms with Crippen molar-refractivity contribution in [2.75, 3.05) is 46.9 Å². The molecule has 0 saturated carbocycles. The Balaban J connectivity index is 1.97. The number of methoxy groups -OCH3 is 2. The first kappa shape index (κ1) is 16.4. The molecule has 0 atom stereocenters. The Kier molecular flexibility index (Phi) is 5.89. The van der Waals surface area contributed by atoms with Crippen molar-refractivity contribution in [1.82, 2.24) is 9.80 Å². The van der Waals surface area contributed by atoms with Crippen LogP contribution >= 0.6 is 0 Å². The first-order valence-corrected chi connectivity index (χ1v) is 7.66. The molecule has 1 fully saturated rings. The molecule has 1 heterocycles. The summed E-state index contributed by atoms with van der Waals surface area (Å²) in [5.74, 6) is 2.41. The number of rotatable bonds is 5. The van der Waals surface area contributed by atoms with Crippen LogP contribution in [0.25, 0.3) is 0 Å². The van der Waals surface area contributed by atoms with Crippen molar-refractivity contribution in [3.63, 3.8) is 0 Å². The first-order valence-electron chi connectivity index (χ1n) is 7.66. The summed E-state index contributed by atoms with van der Waals surface area (Å²) in [6.07, 6.45) is 0. The third-order valence-corrected chi connectivity index (χ3v) is 3.90. The summed E-state index contributed by atoms with van der Waals surface area (Å²) >= 11 is 0. The highest BCUT2D eigenvalue weighted by Crippen LogP contribution is 2.25. The molecule has 6 heteroatoms. The molecule has 1 aromatic carbocycles. The number of nitrogens with zero attached hydrogens (tertiary/aromatic N) is 3. The average molecular weight is 306 g/mol. The van der Waals surface area contributed by atoms with Crippen LogP contribution in [0.15, 0.2) is 23.2 Å². The van der Waals surface area contributed by atoms with Crippen LogP contribution in [0.1, 0.15) is 12.5 Å². The lowest BCUT2D eigenvalue weighted by Gasteiger charge is -2.35. The summed E-state index contributed by atoms with van der Waals surface area (Å²) in [5.41, 5.74) is 7.11. The summed E-state index contributed by atoms with van der Waals surface area (Å²) in [7, 11) is 3.38. The van der Waals surface area contributed by atoms with Crippen LogP contribution in [-0.4, -0.2) is 62.7 Å². The van der Waals surface area contributed by atoms with Gasteiger partial charge in [-0.05, 0) is 25.1 Å². The number of aliphatic imine (C=N–C) groups is 1. The zero-order chi connectivity index (χ0) is 15.9. The fourth-order valence-corrected chi connectivity index (χ4v) is 2.64. The number of benzene rings is 1. The van der Waals surface area contributed by atoms with Crippen molar-refractivity contribution in [2.24, 2.45) is 10.7 Å². The maximum Gasteiger partial charge on any atom is 0.191 e. The lowest BCUT2D eigenvalue weighted by atomic mass is 10.1. The third-order valence-electron chi connectivity index (χ3n) is 3.90. The highest BCUT2D eigenvalue weighted by Gasteiger charge is 2.19. The van der Waals surface area contributed by atoms with E-state index >= 15 is 0 Å². The Labute approximate surface area is 132 Å². The van der Waals surface area contributed by atoms with Gasteiger partial charge in [0.25, 0.3) is 0 Å². The minimum atomic E-state index is 0.654. The average Bonchev–Trinajstić information content (AvgIpc) is 2.55. The number of hydrogen-bond acceptors (Lipinski definition) is 4. The fourth-order valence-electron chi connectivity index (χ4n) is 2.64. The van der Waals surface area contributed by atoms with Crippen molar-refractivity contribution in [3.8, 4) is 11.5 Å². The summed E-state index contributed by atoms with van der Waals surface area (Å²) in [6, 6.07) is 5.91. The number of nitrogens with two attached hydrogens (primary N) is 1. The molecule has 0 bridgehead atoms. The smallest absolute Gasteiger partial charge is 0.191 e. The standard InChI is InChI=1S/C16H26N4O2/c1-4-18-16(17)20-9-7-19(8-10-20)12-13-11-14(21-2)5-6-15(13)22-3/h5-6,11H,4,7-10,12H2,1-3H3,(H2,17,18). The van der Waals surface area contributed by atoms with Gasteiger partial charge in [-0.1, -0.05) is 0 Å². The second kappa shape index (κ2) is 7.89. The molecular formula is C16H26N4O2. The van der Waals surface area contributed by atoms with E-state index in [4.69, 9.17) is 15.2 Å². The topological polar surface area (TPSA) is 63.3 Å². The van der Waals surface area contributed by atoms with E-state index in [1.165, 1.54) is 0 Å². The van der Waals surface area contributed by atoms with Crippen molar-refractivity contribution < 1.29 is 9.47 Å². The predicted molar refractivity (Wildman–Crippen MR) is 88.6 cm³/mol. The van der Waals surface area contributed by atoms with E-state index in [1.54, 1.807) is 14.2 Å². The number of hydrogen-bond donors (Lipinski definition) is 1. The van der Waals surface area contributed by atoms with Gasteiger partial charge in [0.05, 0.1) is 14.2 Å². The maximum atomic E-state index is 5.96. The Morgan fingerprint density at radius 3 is 2.50 bits per heavy atom. The molecule has 0 radical (unpaired) electrons. The van der Waals surface area contributed by atoms with E-state index < -0.39 is 0 Å². The fraction of sp³-hybridized carbons (Fsp3) is 0.562. The van der Waals surface area contributed by atoms with Crippen LogP contribution < -0.4 is 15.2 Å². The number of piperazine rings is 1. The zero-order valence-electron chi connectivity index (χ0n) is 13.7. The molecule has 0 unspecified atom stereocenters. The van der Waals surface area contributed by atoms with E-state index in [2.05, 4.69) is 14.8 Å². The summed E-state index contributed by atoms with van der Waals surface area (Å²) in [6.45, 7) is 7.30. The Morgan fingerprint density at radius 1 is 1.18 bits per heavy atom. The predicted octanol–water partition coefficient (Wildman–Crippen LogP) is 1.16. The van der Waals surface area contributed by atoms with E-state index in [-0.39, 0.29) is 0 Å². The molecule has 0 spiro atoms. The lowest BCUT2D eigenvalue weighted by molar-refractivity contribution is 0.172. The Bertz CT molecular complexity index is 511. The van der Waals surface area contributed by atoms with Gasteiger partial charge in [0, 0.05) is 44.8 Å². The Hall–Kier alpha value is -1.95. The van der Waals surface area contributed by atoms with Gasteiger partial charge >= 0.3 is 0 Å². The largest absolute Gasteiger partial charge is 0.497 e. The monoisotopic (exact) mass is 306 g/mol. The van der Waals surface area contributed by atoms with Gasteiger partial charge in [-0.3, -0.25) is 9.89 Å². The van der Waals surface area contributed by atoms with E-state index in [0.717, 1.165) is 56.3 Å². The quantitative estimate of drug-likeness (QED) is 0.653. The minimum Gasteiger partial charge on any atom is -0.497 e. The van der Waals surface area contributed by atoms with E-state index in [0.29, 0.717) is 5.96 Å². The van der Waals surface area contributed by atoms with E-state index in [1.807, 2.05) is 25.1 Å². The number of ether oxygens (including phenoxy) is 2. The number of guanidine groups is 1. The second-order valence-electron chi connectivity index (χ2n) is 5.27. The van der Waals surface area contributed by atoms with Crippen LogP contribution in [-0.2, 0) is 6.54 Å². The van der Waals surface area contributed by atoms with Crippen molar-refractivity contribution in [2.45, 2.75) is 13.5 Å². The van der Waals surface area contributed by atoms with Crippen LogP contribution in [0.2, 0.25) is 0 Å². The van der Waals surface area contributed by atoms with Gasteiger partial charge in [-0.15, -0.1) is 0 Å². The lowest BCUT2D eigenvalue weighted by Crippen LogP contribution is -2.50. The minimum absolute atomic E-state index is 0.654. The van der Waals surface area contributed by atoms with Crippen LogP contribution in [0.4, 0.5) is 0 Å². The maximum absolute atomic E-state index is 5.96. The molecular weight excluding hydrogens is 280 g/mol. The van der Waals surface area contributed by atoms with Gasteiger partial charge in [0.15, 0.2) is 5.96 Å². The molecule has 0 aromatic heterocycles. The van der Waals surface area contributed by atoms with Crippen molar-refractivity contribution in [1.29, 1.82) is 0 Å². The van der Waals surface area contributed by atoms with Crippen LogP contribution in [0.3, 0.4) is 0 Å². The van der Waals surface area contributed by atoms with Crippen molar-refractivity contribution in [3.05, 3.63) is 23.8 Å². The van der Waals surface area contributed by atoms with E-state index in [9.17, 15) is 0 Å². The summed E-state index contributed by atoms with van der Waals surface area (Å²) < 4.78 is 10.8. The van der Waals surface area contributed by atoms with Gasteiger partial charge in [-0.25, -0.2) is 0 Å². The SMILES string of the molecule is CCN=C(N)N1CCN(Cc2cc(OC)ccc2OC)CC1. The summed E-state index contributed by atoms with van der Waals surface area (Å²) in [5, 5.41) is 0. The highest BCUT2D eigenvalue weighted by molar-refractivity contribution is 5.78. The van der Waals surface area contributed by atoms with Crippen molar-refractivity contribution >= 4 is 5.96 Å². The molecule has 1 saturated heterocycles. The molecule has 0 amide bonds. The normalized spacial score (nSPS) is 16.7. The first-order chi connectivity index (χ1) is 10.7. The molecule has 2 N–H and O–H groups in total. The molecule has 0 aliphatic carbocycles. The molecule has 122 valence electrons. The molecule has 2 rings (SSSR count). The molecule has 1 aliphatic rings. The molecule has 1 aromatic rings. The van der Waals surface area contributed by atoms with Gasteiger partial charge in [0.2, 0.25) is 0 Å². The summed E-state index contributed by atoms with van der Waals surface area (Å²) in [4.78, 5) is 8.81. The molecule has 6 nitrogen and oxygen atoms in total. The third kappa shape index (κ3) is 4.04. The van der Waals surface area contributed by atoms with Gasteiger partial charge in [0.1, 0.15) is 11.5 Å². The Morgan fingerprint density at radius 2 is 1.91 bits per heavy atom. The van der Waals surface area contributed by atoms with Gasteiger partial charge < -0.3 is 20.1 Å². The second-order valence-corrected chi connectivity index (χ2v) is 5.27. The van der Waals surface area contributed by atoms with Gasteiger partial charge in [-0.2, -0.15) is 0 Å². The zero-order valence-corrected chi connectivity index (χ0v) is 13.7. The highest BCUT2D eigenvalue weighted by atomic mass is 16.5. The van der Waals surface area contributed by atoms with Crippen LogP contribution in [0, 0.1) is 0 Å². The molecule has 22 heavy (non-hydrogen) atoms.